The Morgan fingerprint density at radius 1 is 1.15 bits per heavy atom. The molecule has 0 amide bonds. The molecule has 3 N–H and O–H groups in total. The summed E-state index contributed by atoms with van der Waals surface area (Å²) in [7, 11) is 0. The molecule has 0 heterocycles. The normalized spacial score (nSPS) is 12.4. The van der Waals surface area contributed by atoms with Crippen molar-refractivity contribution >= 4 is 0 Å². The number of unbranched alkanes of at least 4 members (excludes halogenated alkanes) is 3. The van der Waals surface area contributed by atoms with Crippen LogP contribution < -0.4 is 10.5 Å². The fourth-order valence-electron chi connectivity index (χ4n) is 2.23. The Morgan fingerprint density at radius 3 is 2.50 bits per heavy atom. The average molecular weight is 279 g/mol. The van der Waals surface area contributed by atoms with E-state index >= 15 is 0 Å². The van der Waals surface area contributed by atoms with E-state index in [-0.39, 0.29) is 11.8 Å². The van der Waals surface area contributed by atoms with Crippen molar-refractivity contribution in [3.63, 3.8) is 0 Å². The van der Waals surface area contributed by atoms with Gasteiger partial charge in [0, 0.05) is 6.04 Å². The maximum Gasteiger partial charge on any atom is 0.161 e. The molecular formula is C17H29NO2. The van der Waals surface area contributed by atoms with Crippen LogP contribution in [0.5, 0.6) is 11.5 Å². The molecule has 3 nitrogen and oxygen atoms in total. The monoisotopic (exact) mass is 279 g/mol. The van der Waals surface area contributed by atoms with Gasteiger partial charge in [-0.1, -0.05) is 45.6 Å². The Labute approximate surface area is 123 Å². The highest BCUT2D eigenvalue weighted by molar-refractivity contribution is 5.49. The molecule has 3 heteroatoms. The molecule has 0 saturated carbocycles. The predicted molar refractivity (Wildman–Crippen MR) is 84.3 cm³/mol. The number of ether oxygens (including phenoxy) is 1. The molecule has 0 saturated heterocycles. The molecule has 1 aromatic rings. The van der Waals surface area contributed by atoms with Gasteiger partial charge in [0.1, 0.15) is 0 Å². The first kappa shape index (κ1) is 16.8. The van der Waals surface area contributed by atoms with E-state index in [1.165, 1.54) is 19.3 Å². The van der Waals surface area contributed by atoms with Crippen molar-refractivity contribution in [3.05, 3.63) is 23.3 Å². The zero-order valence-electron chi connectivity index (χ0n) is 13.1. The van der Waals surface area contributed by atoms with E-state index in [1.54, 1.807) is 0 Å². The van der Waals surface area contributed by atoms with Crippen molar-refractivity contribution in [1.82, 2.24) is 0 Å². The highest BCUT2D eigenvalue weighted by atomic mass is 16.5. The second kappa shape index (κ2) is 8.85. The minimum Gasteiger partial charge on any atom is -0.504 e. The average Bonchev–Trinajstić information content (AvgIpc) is 2.42. The second-order valence-electron chi connectivity index (χ2n) is 5.47. The Hall–Kier alpha value is -1.22. The van der Waals surface area contributed by atoms with Gasteiger partial charge in [-0.25, -0.2) is 0 Å². The third-order valence-corrected chi connectivity index (χ3v) is 3.48. The van der Waals surface area contributed by atoms with Crippen LogP contribution in [0.15, 0.2) is 12.1 Å². The summed E-state index contributed by atoms with van der Waals surface area (Å²) in [4.78, 5) is 0. The molecule has 0 bridgehead atoms. The second-order valence-corrected chi connectivity index (χ2v) is 5.47. The summed E-state index contributed by atoms with van der Waals surface area (Å²) in [5.74, 6) is 0.867. The van der Waals surface area contributed by atoms with Gasteiger partial charge in [-0.15, -0.1) is 0 Å². The van der Waals surface area contributed by atoms with Gasteiger partial charge >= 0.3 is 0 Å². The Bertz CT molecular complexity index is 402. The molecule has 0 spiro atoms. The Balaban J connectivity index is 2.76. The molecular weight excluding hydrogens is 250 g/mol. The maximum absolute atomic E-state index is 10.3. The summed E-state index contributed by atoms with van der Waals surface area (Å²) in [6.45, 7) is 6.90. The van der Waals surface area contributed by atoms with Gasteiger partial charge in [-0.05, 0) is 37.0 Å². The lowest BCUT2D eigenvalue weighted by atomic mass is 10.0. The number of rotatable bonds is 9. The molecule has 0 aromatic heterocycles. The smallest absolute Gasteiger partial charge is 0.161 e. The number of phenolic OH excluding ortho intramolecular Hbond substituents is 1. The van der Waals surface area contributed by atoms with Crippen molar-refractivity contribution in [2.24, 2.45) is 5.73 Å². The van der Waals surface area contributed by atoms with E-state index in [1.807, 2.05) is 19.1 Å². The fourth-order valence-corrected chi connectivity index (χ4v) is 2.23. The number of benzene rings is 1. The molecule has 114 valence electrons. The third kappa shape index (κ3) is 5.04. The number of nitrogens with two attached hydrogens (primary N) is 1. The molecule has 1 aromatic carbocycles. The fraction of sp³-hybridized carbons (Fsp3) is 0.647. The highest BCUT2D eigenvalue weighted by Gasteiger charge is 2.12. The van der Waals surface area contributed by atoms with Crippen LogP contribution in [0.2, 0.25) is 0 Å². The molecule has 0 aliphatic rings. The first-order valence-corrected chi connectivity index (χ1v) is 7.84. The summed E-state index contributed by atoms with van der Waals surface area (Å²) < 4.78 is 5.76. The third-order valence-electron chi connectivity index (χ3n) is 3.48. The largest absolute Gasteiger partial charge is 0.504 e. The van der Waals surface area contributed by atoms with Crippen LogP contribution in [0.1, 0.15) is 70.0 Å². The lowest BCUT2D eigenvalue weighted by Gasteiger charge is -2.15. The first-order valence-electron chi connectivity index (χ1n) is 7.84. The van der Waals surface area contributed by atoms with Gasteiger partial charge in [0.15, 0.2) is 11.5 Å². The number of hydrogen-bond donors (Lipinski definition) is 2. The minimum absolute atomic E-state index is 0.0475. The van der Waals surface area contributed by atoms with Crippen molar-refractivity contribution in [3.8, 4) is 11.5 Å². The summed E-state index contributed by atoms with van der Waals surface area (Å²) in [5, 5.41) is 10.3. The number of aromatic hydroxyl groups is 1. The number of hydrogen-bond acceptors (Lipinski definition) is 3. The summed E-state index contributed by atoms with van der Waals surface area (Å²) in [6, 6.07) is 3.82. The Kier molecular flexibility index (Phi) is 7.45. The summed E-state index contributed by atoms with van der Waals surface area (Å²) >= 11 is 0. The van der Waals surface area contributed by atoms with Crippen LogP contribution in [-0.4, -0.2) is 11.7 Å². The number of aryl methyl sites for hydroxylation is 1. The molecule has 1 atom stereocenters. The molecule has 1 rings (SSSR count). The lowest BCUT2D eigenvalue weighted by molar-refractivity contribution is 0.288. The van der Waals surface area contributed by atoms with Crippen LogP contribution in [0.3, 0.4) is 0 Å². The van der Waals surface area contributed by atoms with Crippen molar-refractivity contribution in [2.75, 3.05) is 6.61 Å². The van der Waals surface area contributed by atoms with Gasteiger partial charge < -0.3 is 15.6 Å². The SMILES string of the molecule is CCCCCCOc1cc(C(C)N)cc(CCC)c1O. The molecule has 1 unspecified atom stereocenters. The van der Waals surface area contributed by atoms with Crippen LogP contribution >= 0.6 is 0 Å². The quantitative estimate of drug-likeness (QED) is 0.662. The van der Waals surface area contributed by atoms with E-state index in [0.29, 0.717) is 12.4 Å². The van der Waals surface area contributed by atoms with Crippen molar-refractivity contribution in [1.29, 1.82) is 0 Å². The molecule has 0 fully saturated rings. The van der Waals surface area contributed by atoms with E-state index in [4.69, 9.17) is 10.5 Å². The minimum atomic E-state index is -0.0475. The van der Waals surface area contributed by atoms with Crippen LogP contribution in [-0.2, 0) is 6.42 Å². The first-order chi connectivity index (χ1) is 9.60. The molecule has 0 aliphatic heterocycles. The zero-order chi connectivity index (χ0) is 15.0. The van der Waals surface area contributed by atoms with Gasteiger partial charge in [0.25, 0.3) is 0 Å². The summed E-state index contributed by atoms with van der Waals surface area (Å²) in [6.07, 6.45) is 6.48. The van der Waals surface area contributed by atoms with Crippen LogP contribution in [0, 0.1) is 0 Å². The van der Waals surface area contributed by atoms with Crippen molar-refractivity contribution < 1.29 is 9.84 Å². The zero-order valence-corrected chi connectivity index (χ0v) is 13.1. The van der Waals surface area contributed by atoms with E-state index in [2.05, 4.69) is 13.8 Å². The van der Waals surface area contributed by atoms with E-state index in [0.717, 1.165) is 30.4 Å². The van der Waals surface area contributed by atoms with Crippen LogP contribution in [0.25, 0.3) is 0 Å². The topological polar surface area (TPSA) is 55.5 Å². The highest BCUT2D eigenvalue weighted by Crippen LogP contribution is 2.34. The summed E-state index contributed by atoms with van der Waals surface area (Å²) in [5.41, 5.74) is 7.91. The Morgan fingerprint density at radius 2 is 1.90 bits per heavy atom. The maximum atomic E-state index is 10.3. The van der Waals surface area contributed by atoms with E-state index in [9.17, 15) is 5.11 Å². The van der Waals surface area contributed by atoms with Gasteiger partial charge in [0.05, 0.1) is 6.61 Å². The van der Waals surface area contributed by atoms with Gasteiger partial charge in [0.2, 0.25) is 0 Å². The van der Waals surface area contributed by atoms with E-state index < -0.39 is 0 Å². The molecule has 20 heavy (non-hydrogen) atoms. The van der Waals surface area contributed by atoms with Crippen molar-refractivity contribution in [2.45, 2.75) is 65.3 Å². The molecule has 0 radical (unpaired) electrons. The molecule has 0 aliphatic carbocycles. The van der Waals surface area contributed by atoms with Gasteiger partial charge in [-0.3, -0.25) is 0 Å². The lowest BCUT2D eigenvalue weighted by Crippen LogP contribution is -2.07. The van der Waals surface area contributed by atoms with Gasteiger partial charge in [-0.2, -0.15) is 0 Å². The van der Waals surface area contributed by atoms with Crippen LogP contribution in [0.4, 0.5) is 0 Å². The standard InChI is InChI=1S/C17H29NO2/c1-4-6-7-8-10-20-16-12-15(13(3)18)11-14(9-5-2)17(16)19/h11-13,19H,4-10,18H2,1-3H3. The predicted octanol–water partition coefficient (Wildman–Crippen LogP) is 4.32. The number of phenols is 1.